The van der Waals surface area contributed by atoms with Crippen LogP contribution in [0.5, 0.6) is 11.5 Å². The Morgan fingerprint density at radius 3 is 2.47 bits per heavy atom. The summed E-state index contributed by atoms with van der Waals surface area (Å²) in [6.45, 7) is 4.40. The Bertz CT molecular complexity index is 998. The van der Waals surface area contributed by atoms with Crippen molar-refractivity contribution < 1.29 is 28.5 Å². The molecule has 0 bridgehead atoms. The number of hydrogen-bond acceptors (Lipinski definition) is 7. The van der Waals surface area contributed by atoms with Gasteiger partial charge in [0, 0.05) is 29.5 Å². The van der Waals surface area contributed by atoms with Crippen LogP contribution >= 0.6 is 22.4 Å². The highest BCUT2D eigenvalue weighted by atomic mass is 32.3. The smallest absolute Gasteiger partial charge is 0.341 e. The molecule has 9 heteroatoms. The van der Waals surface area contributed by atoms with Crippen LogP contribution in [0.2, 0.25) is 0 Å². The molecule has 3 rings (SSSR count). The molecule has 0 saturated heterocycles. The van der Waals surface area contributed by atoms with E-state index in [4.69, 9.17) is 14.6 Å². The zero-order valence-electron chi connectivity index (χ0n) is 20.2. The zero-order valence-corrected chi connectivity index (χ0v) is 21.9. The number of thioether (sulfide) groups is 1. The molecule has 1 aliphatic rings. The van der Waals surface area contributed by atoms with Gasteiger partial charge in [0.2, 0.25) is 0 Å². The van der Waals surface area contributed by atoms with Crippen LogP contribution in [-0.4, -0.2) is 52.5 Å². The molecule has 0 amide bonds. The number of carboxylic acids is 1. The number of aliphatic carboxylic acids is 1. The first-order chi connectivity index (χ1) is 16.2. The molecular formula is C25H35NO6S2. The molecule has 1 aliphatic heterocycles. The van der Waals surface area contributed by atoms with E-state index in [9.17, 15) is 13.9 Å². The van der Waals surface area contributed by atoms with Crippen LogP contribution in [0.25, 0.3) is 0 Å². The van der Waals surface area contributed by atoms with Crippen LogP contribution in [0.3, 0.4) is 0 Å². The van der Waals surface area contributed by atoms with Gasteiger partial charge in [-0.25, -0.2) is 4.79 Å². The topological polar surface area (TPSA) is 99.5 Å². The molecule has 7 nitrogen and oxygen atoms in total. The Kier molecular flexibility index (Phi) is 8.67. The molecule has 188 valence electrons. The predicted octanol–water partition coefficient (Wildman–Crippen LogP) is 6.73. The van der Waals surface area contributed by atoms with E-state index in [-0.39, 0.29) is 11.2 Å². The minimum absolute atomic E-state index is 0.257. The fourth-order valence-electron chi connectivity index (χ4n) is 4.47. The van der Waals surface area contributed by atoms with Crippen molar-refractivity contribution in [1.29, 1.82) is 0 Å². The van der Waals surface area contributed by atoms with Gasteiger partial charge in [0.15, 0.2) is 6.61 Å². The quantitative estimate of drug-likeness (QED) is 0.303. The van der Waals surface area contributed by atoms with Crippen LogP contribution in [-0.2, 0) is 4.79 Å². The minimum Gasteiger partial charge on any atom is -0.497 e. The van der Waals surface area contributed by atoms with Crippen molar-refractivity contribution in [3.63, 3.8) is 0 Å². The Hall–Kier alpha value is -2.07. The van der Waals surface area contributed by atoms with Crippen molar-refractivity contribution in [2.24, 2.45) is 5.41 Å². The molecule has 0 aliphatic carbocycles. The van der Waals surface area contributed by atoms with E-state index in [1.54, 1.807) is 13.2 Å². The summed E-state index contributed by atoms with van der Waals surface area (Å²) in [6, 6.07) is 11.3. The predicted molar refractivity (Wildman–Crippen MR) is 140 cm³/mol. The summed E-state index contributed by atoms with van der Waals surface area (Å²) in [5.41, 5.74) is 1.35. The van der Waals surface area contributed by atoms with Gasteiger partial charge in [-0.3, -0.25) is 9.11 Å². The lowest BCUT2D eigenvalue weighted by Gasteiger charge is -2.41. The maximum atomic E-state index is 11.5. The summed E-state index contributed by atoms with van der Waals surface area (Å²) in [5.74, 6) is 0.268. The molecule has 0 fully saturated rings. The molecular weight excluding hydrogens is 474 g/mol. The molecule has 0 saturated carbocycles. The second kappa shape index (κ2) is 11.1. The van der Waals surface area contributed by atoms with E-state index < -0.39 is 23.2 Å². The van der Waals surface area contributed by atoms with Gasteiger partial charge < -0.3 is 19.5 Å². The number of benzene rings is 2. The number of nitrogens with zero attached hydrogens (tertiary/aromatic N) is 1. The van der Waals surface area contributed by atoms with Crippen molar-refractivity contribution in [2.45, 2.75) is 49.3 Å². The molecule has 3 N–H and O–H groups in total. The lowest BCUT2D eigenvalue weighted by atomic mass is 9.81. The van der Waals surface area contributed by atoms with Gasteiger partial charge in [-0.05, 0) is 49.4 Å². The number of anilines is 2. The average molecular weight is 510 g/mol. The van der Waals surface area contributed by atoms with Crippen molar-refractivity contribution in [3.05, 3.63) is 36.4 Å². The monoisotopic (exact) mass is 509 g/mol. The third kappa shape index (κ3) is 5.76. The van der Waals surface area contributed by atoms with Crippen LogP contribution in [0.1, 0.15) is 39.5 Å². The Morgan fingerprint density at radius 2 is 1.91 bits per heavy atom. The van der Waals surface area contributed by atoms with Gasteiger partial charge >= 0.3 is 5.97 Å². The van der Waals surface area contributed by atoms with Crippen LogP contribution < -0.4 is 14.4 Å². The van der Waals surface area contributed by atoms with Gasteiger partial charge in [0.25, 0.3) is 0 Å². The summed E-state index contributed by atoms with van der Waals surface area (Å²) in [7, 11) is -1.54. The number of methoxy groups -OCH3 is 1. The number of carboxylic acid groups (broad SMARTS) is 1. The van der Waals surface area contributed by atoms with E-state index in [2.05, 4.69) is 18.7 Å². The third-order valence-electron chi connectivity index (χ3n) is 6.44. The second-order valence-electron chi connectivity index (χ2n) is 8.71. The molecule has 1 heterocycles. The number of carbonyl (C=O) groups is 1. The normalized spacial score (nSPS) is 20.2. The zero-order chi connectivity index (χ0) is 24.9. The summed E-state index contributed by atoms with van der Waals surface area (Å²) < 4.78 is 33.9. The summed E-state index contributed by atoms with van der Waals surface area (Å²) in [6.07, 6.45) is 5.61. The van der Waals surface area contributed by atoms with Gasteiger partial charge in [-0.1, -0.05) is 26.7 Å². The maximum absolute atomic E-state index is 11.5. The fraction of sp³-hybridized carbons (Fsp3) is 0.480. The number of fused-ring (bicyclic) bond motifs is 1. The molecule has 1 unspecified atom stereocenters. The number of hydrogen-bond donors (Lipinski definition) is 3. The van der Waals surface area contributed by atoms with Gasteiger partial charge in [-0.15, -0.1) is 11.8 Å². The number of rotatable bonds is 10. The molecule has 2 aromatic rings. The van der Waals surface area contributed by atoms with Gasteiger partial charge in [-0.2, -0.15) is 10.6 Å². The lowest BCUT2D eigenvalue weighted by molar-refractivity contribution is -0.139. The molecule has 34 heavy (non-hydrogen) atoms. The van der Waals surface area contributed by atoms with Crippen molar-refractivity contribution in [3.8, 4) is 11.5 Å². The maximum Gasteiger partial charge on any atom is 0.341 e. The molecule has 2 aromatic carbocycles. The molecule has 0 radical (unpaired) electrons. The average Bonchev–Trinajstić information content (AvgIpc) is 2.93. The molecule has 1 atom stereocenters. The molecule has 0 spiro atoms. The summed E-state index contributed by atoms with van der Waals surface area (Å²) in [5, 5.41) is 9.10. The Morgan fingerprint density at radius 1 is 1.21 bits per heavy atom. The SMILES string of the molecule is CCCCC1(CC)CN(c2ccc(OC)cc2)c2cc(SC)c(OCC(=O)O)cc2S(O)(O)C1. The van der Waals surface area contributed by atoms with Gasteiger partial charge in [0.1, 0.15) is 11.5 Å². The standard InChI is InChI=1S/C25H35NO6S2/c1-5-7-12-25(6-2)16-26(18-8-10-19(31-3)11-9-18)20-13-22(33-4)21(32-15-24(27)28)14-23(20)34(29,30)17-25/h8-11,13-14,29-30H,5-7,12,15-17H2,1-4H3,(H,27,28). The first kappa shape index (κ1) is 26.5. The summed E-state index contributed by atoms with van der Waals surface area (Å²) in [4.78, 5) is 14.4. The largest absolute Gasteiger partial charge is 0.497 e. The van der Waals surface area contributed by atoms with Gasteiger partial charge in [0.05, 0.1) is 22.6 Å². The van der Waals surface area contributed by atoms with E-state index in [0.29, 0.717) is 22.9 Å². The fourth-order valence-corrected chi connectivity index (χ4v) is 7.27. The second-order valence-corrected chi connectivity index (χ2v) is 11.6. The number of unbranched alkanes of at least 4 members (excludes halogenated alkanes) is 1. The molecule has 0 aromatic heterocycles. The van der Waals surface area contributed by atoms with Crippen molar-refractivity contribution in [1.82, 2.24) is 0 Å². The van der Waals surface area contributed by atoms with Crippen LogP contribution in [0, 0.1) is 5.41 Å². The first-order valence-electron chi connectivity index (χ1n) is 11.4. The van der Waals surface area contributed by atoms with Crippen LogP contribution in [0.15, 0.2) is 46.2 Å². The van der Waals surface area contributed by atoms with Crippen molar-refractivity contribution in [2.75, 3.05) is 37.2 Å². The third-order valence-corrected chi connectivity index (χ3v) is 9.24. The van der Waals surface area contributed by atoms with Crippen molar-refractivity contribution >= 4 is 39.7 Å². The van der Waals surface area contributed by atoms with E-state index in [1.807, 2.05) is 36.6 Å². The van der Waals surface area contributed by atoms with E-state index in [1.165, 1.54) is 11.8 Å². The minimum atomic E-state index is -3.17. The lowest BCUT2D eigenvalue weighted by Crippen LogP contribution is -2.37. The van der Waals surface area contributed by atoms with Crippen LogP contribution in [0.4, 0.5) is 11.4 Å². The first-order valence-corrected chi connectivity index (χ1v) is 14.4. The highest BCUT2D eigenvalue weighted by Crippen LogP contribution is 2.62. The summed E-state index contributed by atoms with van der Waals surface area (Å²) >= 11 is 1.43. The Balaban J connectivity index is 2.21. The van der Waals surface area contributed by atoms with E-state index >= 15 is 0 Å². The highest BCUT2D eigenvalue weighted by molar-refractivity contribution is 8.24. The van der Waals surface area contributed by atoms with E-state index in [0.717, 1.165) is 42.0 Å². The Labute approximate surface area is 207 Å². The highest BCUT2D eigenvalue weighted by Gasteiger charge is 2.42. The number of ether oxygens (including phenoxy) is 2.